The fourth-order valence-electron chi connectivity index (χ4n) is 5.24. The van der Waals surface area contributed by atoms with Gasteiger partial charge in [0.1, 0.15) is 0 Å². The maximum Gasteiger partial charge on any atom is 0.273 e. The van der Waals surface area contributed by atoms with E-state index in [2.05, 4.69) is 71.1 Å². The van der Waals surface area contributed by atoms with E-state index < -0.39 is 5.91 Å². The smallest absolute Gasteiger partial charge is 0.273 e. The molecule has 1 aliphatic carbocycles. The number of piperidine rings is 1. The number of fused-ring (bicyclic) bond motifs is 1. The average molecular weight is 534 g/mol. The van der Waals surface area contributed by atoms with Crippen molar-refractivity contribution in [3.05, 3.63) is 30.1 Å². The Morgan fingerprint density at radius 3 is 2.51 bits per heavy atom. The number of likely N-dealkylation sites (N-methyl/N-ethyl adjacent to an activating group) is 1. The van der Waals surface area contributed by atoms with Crippen LogP contribution in [-0.4, -0.2) is 106 Å². The Balaban J connectivity index is 1.14. The van der Waals surface area contributed by atoms with Gasteiger partial charge in [-0.3, -0.25) is 14.5 Å². The first kappa shape index (κ1) is 25.4. The second-order valence-corrected chi connectivity index (χ2v) is 10.9. The number of hydrogen-bond donors (Lipinski definition) is 3. The van der Waals surface area contributed by atoms with Crippen LogP contribution in [0.4, 0.5) is 23.1 Å². The van der Waals surface area contributed by atoms with Crippen LogP contribution in [0.5, 0.6) is 0 Å². The highest BCUT2D eigenvalue weighted by Crippen LogP contribution is 2.31. The summed E-state index contributed by atoms with van der Waals surface area (Å²) in [6, 6.07) is 6.95. The molecular formula is C26H35N11O2. The zero-order valence-corrected chi connectivity index (χ0v) is 22.6. The number of amides is 2. The minimum Gasteiger partial charge on any atom is -0.370 e. The second-order valence-electron chi connectivity index (χ2n) is 10.9. The normalized spacial score (nSPS) is 18.8. The van der Waals surface area contributed by atoms with Gasteiger partial charge in [0, 0.05) is 57.3 Å². The lowest BCUT2D eigenvalue weighted by molar-refractivity contribution is -0.117. The van der Waals surface area contributed by atoms with Gasteiger partial charge >= 0.3 is 0 Å². The van der Waals surface area contributed by atoms with Crippen molar-refractivity contribution in [1.82, 2.24) is 39.9 Å². The van der Waals surface area contributed by atoms with E-state index in [1.165, 1.54) is 20.1 Å². The first-order valence-electron chi connectivity index (χ1n) is 13.6. The first-order valence-corrected chi connectivity index (χ1v) is 13.6. The molecule has 6 rings (SSSR count). The van der Waals surface area contributed by atoms with E-state index in [1.54, 1.807) is 10.6 Å². The molecule has 13 nitrogen and oxygen atoms in total. The molecule has 2 aliphatic heterocycles. The summed E-state index contributed by atoms with van der Waals surface area (Å²) in [5.41, 5.74) is 2.23. The summed E-state index contributed by atoms with van der Waals surface area (Å²) >= 11 is 0. The minimum absolute atomic E-state index is 0.0214. The summed E-state index contributed by atoms with van der Waals surface area (Å²) in [5, 5.41) is 21.1. The third kappa shape index (κ3) is 5.36. The number of carbonyl (C=O) groups excluding carboxylic acids is 2. The van der Waals surface area contributed by atoms with E-state index in [4.69, 9.17) is 0 Å². The van der Waals surface area contributed by atoms with Crippen LogP contribution in [0, 0.1) is 5.92 Å². The van der Waals surface area contributed by atoms with Crippen molar-refractivity contribution in [2.75, 3.05) is 62.9 Å². The van der Waals surface area contributed by atoms with E-state index in [0.717, 1.165) is 44.5 Å². The second kappa shape index (κ2) is 10.4. The lowest BCUT2D eigenvalue weighted by atomic mass is 9.97. The quantitative estimate of drug-likeness (QED) is 0.387. The molecule has 2 amide bonds. The van der Waals surface area contributed by atoms with Crippen LogP contribution in [0.15, 0.2) is 24.4 Å². The van der Waals surface area contributed by atoms with Crippen molar-refractivity contribution >= 4 is 40.6 Å². The highest BCUT2D eigenvalue weighted by atomic mass is 16.2. The molecule has 2 saturated heterocycles. The molecule has 3 N–H and O–H groups in total. The SMILES string of the molecule is CNC(=O)c1nnc(NC(=O)C2CC2)cc1Nc1nc2ccc(N3CCC(N4CC(N(C)C)C4)CC3)cn2n1. The molecule has 0 unspecified atom stereocenters. The zero-order valence-electron chi connectivity index (χ0n) is 22.6. The van der Waals surface area contributed by atoms with Crippen LogP contribution >= 0.6 is 0 Å². The van der Waals surface area contributed by atoms with Crippen molar-refractivity contribution in [3.8, 4) is 0 Å². The summed E-state index contributed by atoms with van der Waals surface area (Å²) in [6.07, 6.45) is 6.05. The van der Waals surface area contributed by atoms with Crippen molar-refractivity contribution in [1.29, 1.82) is 0 Å². The fourth-order valence-corrected chi connectivity index (χ4v) is 5.24. The highest BCUT2D eigenvalue weighted by Gasteiger charge is 2.35. The number of nitrogens with zero attached hydrogens (tertiary/aromatic N) is 8. The largest absolute Gasteiger partial charge is 0.370 e. The van der Waals surface area contributed by atoms with E-state index in [1.807, 2.05) is 12.3 Å². The summed E-state index contributed by atoms with van der Waals surface area (Å²) in [4.78, 5) is 36.5. The molecule has 3 aromatic rings. The molecule has 39 heavy (non-hydrogen) atoms. The highest BCUT2D eigenvalue weighted by molar-refractivity contribution is 5.99. The Bertz CT molecular complexity index is 1370. The molecule has 5 heterocycles. The third-order valence-electron chi connectivity index (χ3n) is 7.96. The van der Waals surface area contributed by atoms with Crippen LogP contribution < -0.4 is 20.9 Å². The van der Waals surface area contributed by atoms with Gasteiger partial charge in [-0.05, 0) is 51.9 Å². The molecule has 1 saturated carbocycles. The van der Waals surface area contributed by atoms with E-state index in [9.17, 15) is 9.59 Å². The van der Waals surface area contributed by atoms with Gasteiger partial charge in [0.05, 0.1) is 17.6 Å². The molecule has 0 bridgehead atoms. The Hall–Kier alpha value is -3.84. The van der Waals surface area contributed by atoms with Gasteiger partial charge < -0.3 is 25.8 Å². The van der Waals surface area contributed by atoms with Gasteiger partial charge in [0.15, 0.2) is 17.2 Å². The van der Waals surface area contributed by atoms with Crippen LogP contribution in [0.2, 0.25) is 0 Å². The van der Waals surface area contributed by atoms with E-state index >= 15 is 0 Å². The standard InChI is InChI=1S/C26H35N11O2/c1-27-25(39)23-20(12-21(31-32-23)29-24(38)16-4-5-16)28-26-30-22-7-6-18(15-37(22)33-26)35-10-8-17(9-11-35)36-13-19(14-36)34(2)3/h6-7,12,15-17,19H,4-5,8-11,13-14H2,1-3H3,(H,27,39)(H2,28,29,31,33,38). The number of hydrogen-bond acceptors (Lipinski definition) is 10. The Morgan fingerprint density at radius 1 is 1.05 bits per heavy atom. The topological polar surface area (TPSA) is 136 Å². The third-order valence-corrected chi connectivity index (χ3v) is 7.96. The molecular weight excluding hydrogens is 498 g/mol. The van der Waals surface area contributed by atoms with Crippen LogP contribution in [0.25, 0.3) is 5.65 Å². The molecule has 13 heteroatoms. The van der Waals surface area contributed by atoms with Crippen molar-refractivity contribution < 1.29 is 9.59 Å². The monoisotopic (exact) mass is 533 g/mol. The van der Waals surface area contributed by atoms with E-state index in [0.29, 0.717) is 29.4 Å². The molecule has 3 aromatic heterocycles. The molecule has 3 aliphatic rings. The summed E-state index contributed by atoms with van der Waals surface area (Å²) in [5.74, 6) is 0.111. The summed E-state index contributed by atoms with van der Waals surface area (Å²) < 4.78 is 1.74. The van der Waals surface area contributed by atoms with Crippen molar-refractivity contribution in [2.45, 2.75) is 37.8 Å². The predicted molar refractivity (Wildman–Crippen MR) is 147 cm³/mol. The van der Waals surface area contributed by atoms with Gasteiger partial charge in [-0.2, -0.15) is 4.98 Å². The number of carbonyl (C=O) groups is 2. The molecule has 0 spiro atoms. The lowest BCUT2D eigenvalue weighted by Crippen LogP contribution is -2.62. The van der Waals surface area contributed by atoms with Crippen LogP contribution in [-0.2, 0) is 4.79 Å². The zero-order chi connectivity index (χ0) is 27.1. The number of anilines is 4. The molecule has 3 fully saturated rings. The number of nitrogens with one attached hydrogen (secondary N) is 3. The van der Waals surface area contributed by atoms with Gasteiger partial charge in [0.25, 0.3) is 5.91 Å². The Labute approximate surface area is 226 Å². The molecule has 206 valence electrons. The molecule has 0 atom stereocenters. The number of likely N-dealkylation sites (tertiary alicyclic amines) is 1. The van der Waals surface area contributed by atoms with Crippen molar-refractivity contribution in [3.63, 3.8) is 0 Å². The summed E-state index contributed by atoms with van der Waals surface area (Å²) in [6.45, 7) is 4.35. The van der Waals surface area contributed by atoms with Gasteiger partial charge in [0.2, 0.25) is 11.9 Å². The van der Waals surface area contributed by atoms with Crippen LogP contribution in [0.3, 0.4) is 0 Å². The summed E-state index contributed by atoms with van der Waals surface area (Å²) in [7, 11) is 5.84. The number of aromatic nitrogens is 5. The van der Waals surface area contributed by atoms with E-state index in [-0.39, 0.29) is 23.3 Å². The first-order chi connectivity index (χ1) is 18.9. The van der Waals surface area contributed by atoms with Gasteiger partial charge in [-0.1, -0.05) is 0 Å². The van der Waals surface area contributed by atoms with Crippen molar-refractivity contribution in [2.24, 2.45) is 5.92 Å². The predicted octanol–water partition coefficient (Wildman–Crippen LogP) is 1.19. The number of pyridine rings is 1. The number of rotatable bonds is 8. The Kier molecular flexibility index (Phi) is 6.77. The van der Waals surface area contributed by atoms with Crippen LogP contribution in [0.1, 0.15) is 36.2 Å². The molecule has 0 aromatic carbocycles. The fraction of sp³-hybridized carbons (Fsp3) is 0.538. The minimum atomic E-state index is -0.407. The van der Waals surface area contributed by atoms with Gasteiger partial charge in [-0.15, -0.1) is 15.3 Å². The van der Waals surface area contributed by atoms with Gasteiger partial charge in [-0.25, -0.2) is 4.52 Å². The maximum atomic E-state index is 12.4. The maximum absolute atomic E-state index is 12.4. The molecule has 0 radical (unpaired) electrons. The lowest BCUT2D eigenvalue weighted by Gasteiger charge is -2.49. The Morgan fingerprint density at radius 2 is 1.82 bits per heavy atom. The average Bonchev–Trinajstić information content (AvgIpc) is 3.68.